The number of carbonyl (C=O) groups is 1. The predicted molar refractivity (Wildman–Crippen MR) is 44.9 cm³/mol. The van der Waals surface area contributed by atoms with Crippen LogP contribution >= 0.6 is 0 Å². The second-order valence-electron chi connectivity index (χ2n) is 2.61. The molecule has 0 aliphatic heterocycles. The van der Waals surface area contributed by atoms with E-state index in [9.17, 15) is 18.0 Å². The van der Waals surface area contributed by atoms with Gasteiger partial charge in [0.05, 0.1) is 14.2 Å². The number of esters is 1. The third-order valence-corrected chi connectivity index (χ3v) is 1.56. The van der Waals surface area contributed by atoms with Gasteiger partial charge in [0.2, 0.25) is 11.7 Å². The summed E-state index contributed by atoms with van der Waals surface area (Å²) in [5.74, 6) is -2.80. The summed E-state index contributed by atoms with van der Waals surface area (Å²) >= 11 is 0. The minimum atomic E-state index is -4.75. The fourth-order valence-electron chi connectivity index (χ4n) is 0.865. The lowest BCUT2D eigenvalue weighted by atomic mass is 10.4. The van der Waals surface area contributed by atoms with E-state index in [2.05, 4.69) is 19.4 Å². The smallest absolute Gasteiger partial charge is 0.451 e. The lowest BCUT2D eigenvalue weighted by Crippen LogP contribution is -2.15. The van der Waals surface area contributed by atoms with Gasteiger partial charge in [-0.2, -0.15) is 18.2 Å². The third-order valence-electron chi connectivity index (χ3n) is 1.56. The van der Waals surface area contributed by atoms with Crippen LogP contribution in [-0.2, 0) is 10.9 Å². The van der Waals surface area contributed by atoms with Crippen molar-refractivity contribution in [3.05, 3.63) is 17.6 Å². The van der Waals surface area contributed by atoms with Crippen LogP contribution in [0.5, 0.6) is 5.88 Å². The Balaban J connectivity index is 3.27. The quantitative estimate of drug-likeness (QED) is 0.724. The molecule has 0 aliphatic carbocycles. The lowest BCUT2D eigenvalue weighted by molar-refractivity contribution is -0.145. The summed E-state index contributed by atoms with van der Waals surface area (Å²) < 4.78 is 45.7. The van der Waals surface area contributed by atoms with Crippen molar-refractivity contribution < 1.29 is 27.4 Å². The van der Waals surface area contributed by atoms with Gasteiger partial charge in [-0.05, 0) is 0 Å². The van der Waals surface area contributed by atoms with E-state index >= 15 is 0 Å². The summed E-state index contributed by atoms with van der Waals surface area (Å²) in [6, 6.07) is 0.959. The molecule has 0 fully saturated rings. The Labute approximate surface area is 88.2 Å². The molecule has 0 atom stereocenters. The SMILES string of the molecule is COC(=O)c1cc(OC)nc(C(F)(F)F)n1. The molecule has 0 bridgehead atoms. The molecule has 88 valence electrons. The maximum atomic E-state index is 12.3. The zero-order chi connectivity index (χ0) is 12.3. The number of hydrogen-bond donors (Lipinski definition) is 0. The summed E-state index contributed by atoms with van der Waals surface area (Å²) in [7, 11) is 2.16. The molecule has 0 aromatic carbocycles. The molecular formula is C8H7F3N2O3. The first-order valence-corrected chi connectivity index (χ1v) is 3.97. The van der Waals surface area contributed by atoms with Crippen LogP contribution in [0, 0.1) is 0 Å². The summed E-state index contributed by atoms with van der Waals surface area (Å²) in [6.07, 6.45) is -4.75. The number of aromatic nitrogens is 2. The van der Waals surface area contributed by atoms with E-state index in [0.29, 0.717) is 0 Å². The van der Waals surface area contributed by atoms with Crippen molar-refractivity contribution >= 4 is 5.97 Å². The van der Waals surface area contributed by atoms with Gasteiger partial charge in [0.15, 0.2) is 5.69 Å². The Morgan fingerprint density at radius 2 is 1.94 bits per heavy atom. The molecule has 0 saturated carbocycles. The second-order valence-corrected chi connectivity index (χ2v) is 2.61. The number of halogens is 3. The Morgan fingerprint density at radius 3 is 2.38 bits per heavy atom. The van der Waals surface area contributed by atoms with E-state index in [4.69, 9.17) is 0 Å². The van der Waals surface area contributed by atoms with Gasteiger partial charge in [-0.3, -0.25) is 0 Å². The summed E-state index contributed by atoms with van der Waals surface area (Å²) in [4.78, 5) is 17.1. The number of rotatable bonds is 2. The predicted octanol–water partition coefficient (Wildman–Crippen LogP) is 1.29. The average molecular weight is 236 g/mol. The third kappa shape index (κ3) is 2.59. The van der Waals surface area contributed by atoms with Gasteiger partial charge in [0, 0.05) is 6.07 Å². The molecular weight excluding hydrogens is 229 g/mol. The molecule has 0 aliphatic rings. The molecule has 8 heteroatoms. The number of methoxy groups -OCH3 is 2. The number of nitrogens with zero attached hydrogens (tertiary/aromatic N) is 2. The van der Waals surface area contributed by atoms with Gasteiger partial charge >= 0.3 is 12.1 Å². The molecule has 1 aromatic rings. The number of carbonyl (C=O) groups excluding carboxylic acids is 1. The van der Waals surface area contributed by atoms with Crippen molar-refractivity contribution in [3.8, 4) is 5.88 Å². The molecule has 5 nitrogen and oxygen atoms in total. The maximum Gasteiger partial charge on any atom is 0.451 e. The van der Waals surface area contributed by atoms with Gasteiger partial charge in [-0.15, -0.1) is 0 Å². The highest BCUT2D eigenvalue weighted by Crippen LogP contribution is 2.27. The zero-order valence-electron chi connectivity index (χ0n) is 8.33. The molecule has 1 rings (SSSR count). The Bertz CT molecular complexity index is 406. The molecule has 0 unspecified atom stereocenters. The molecule has 1 aromatic heterocycles. The van der Waals surface area contributed by atoms with E-state index < -0.39 is 23.7 Å². The van der Waals surface area contributed by atoms with E-state index in [0.717, 1.165) is 20.3 Å². The lowest BCUT2D eigenvalue weighted by Gasteiger charge is -2.08. The Kier molecular flexibility index (Phi) is 3.31. The van der Waals surface area contributed by atoms with Crippen molar-refractivity contribution in [1.82, 2.24) is 9.97 Å². The minimum Gasteiger partial charge on any atom is -0.481 e. The first-order valence-electron chi connectivity index (χ1n) is 3.97. The zero-order valence-corrected chi connectivity index (χ0v) is 8.33. The minimum absolute atomic E-state index is 0.359. The van der Waals surface area contributed by atoms with Gasteiger partial charge in [-0.25, -0.2) is 9.78 Å². The van der Waals surface area contributed by atoms with Gasteiger partial charge in [0.1, 0.15) is 0 Å². The van der Waals surface area contributed by atoms with E-state index in [-0.39, 0.29) is 5.88 Å². The highest BCUT2D eigenvalue weighted by Gasteiger charge is 2.36. The van der Waals surface area contributed by atoms with Crippen LogP contribution in [0.15, 0.2) is 6.07 Å². The normalized spacial score (nSPS) is 11.1. The molecule has 0 radical (unpaired) electrons. The standard InChI is InChI=1S/C8H7F3N2O3/c1-15-5-3-4(6(14)16-2)12-7(13-5)8(9,10)11/h3H,1-2H3. The molecule has 0 saturated heterocycles. The molecule has 0 N–H and O–H groups in total. The fourth-order valence-corrected chi connectivity index (χ4v) is 0.865. The number of alkyl halides is 3. The van der Waals surface area contributed by atoms with E-state index in [1.54, 1.807) is 0 Å². The first kappa shape index (κ1) is 12.2. The van der Waals surface area contributed by atoms with E-state index in [1.165, 1.54) is 0 Å². The highest BCUT2D eigenvalue weighted by molar-refractivity contribution is 5.87. The van der Waals surface area contributed by atoms with Crippen molar-refractivity contribution in [2.45, 2.75) is 6.18 Å². The van der Waals surface area contributed by atoms with Crippen molar-refractivity contribution in [2.75, 3.05) is 14.2 Å². The van der Waals surface area contributed by atoms with Crippen LogP contribution in [0.3, 0.4) is 0 Å². The summed E-state index contributed by atoms with van der Waals surface area (Å²) in [5, 5.41) is 0. The largest absolute Gasteiger partial charge is 0.481 e. The summed E-state index contributed by atoms with van der Waals surface area (Å²) in [5.41, 5.74) is -0.512. The summed E-state index contributed by atoms with van der Waals surface area (Å²) in [6.45, 7) is 0. The topological polar surface area (TPSA) is 61.3 Å². The molecule has 16 heavy (non-hydrogen) atoms. The number of ether oxygens (including phenoxy) is 2. The van der Waals surface area contributed by atoms with Crippen LogP contribution in [0.25, 0.3) is 0 Å². The first-order chi connectivity index (χ1) is 7.38. The second kappa shape index (κ2) is 4.33. The Morgan fingerprint density at radius 1 is 1.31 bits per heavy atom. The van der Waals surface area contributed by atoms with E-state index in [1.807, 2.05) is 0 Å². The Hall–Kier alpha value is -1.86. The average Bonchev–Trinajstić information content (AvgIpc) is 2.26. The van der Waals surface area contributed by atoms with Gasteiger partial charge < -0.3 is 9.47 Å². The highest BCUT2D eigenvalue weighted by atomic mass is 19.4. The maximum absolute atomic E-state index is 12.3. The van der Waals surface area contributed by atoms with Crippen molar-refractivity contribution in [3.63, 3.8) is 0 Å². The molecule has 0 amide bonds. The fraction of sp³-hybridized carbons (Fsp3) is 0.375. The molecule has 0 spiro atoms. The van der Waals surface area contributed by atoms with Crippen molar-refractivity contribution in [2.24, 2.45) is 0 Å². The van der Waals surface area contributed by atoms with Crippen LogP contribution in [0.2, 0.25) is 0 Å². The van der Waals surface area contributed by atoms with Crippen molar-refractivity contribution in [1.29, 1.82) is 0 Å². The molecule has 1 heterocycles. The number of hydrogen-bond acceptors (Lipinski definition) is 5. The van der Waals surface area contributed by atoms with Crippen LogP contribution in [0.1, 0.15) is 16.3 Å². The monoisotopic (exact) mass is 236 g/mol. The van der Waals surface area contributed by atoms with Crippen LogP contribution in [-0.4, -0.2) is 30.2 Å². The van der Waals surface area contributed by atoms with Gasteiger partial charge in [0.25, 0.3) is 0 Å². The van der Waals surface area contributed by atoms with Gasteiger partial charge in [-0.1, -0.05) is 0 Å². The van der Waals surface area contributed by atoms with Crippen LogP contribution in [0.4, 0.5) is 13.2 Å². The van der Waals surface area contributed by atoms with Crippen LogP contribution < -0.4 is 4.74 Å².